The van der Waals surface area contributed by atoms with E-state index in [1.54, 1.807) is 6.33 Å². The molecule has 8 heteroatoms. The molecule has 2 heterocycles. The van der Waals surface area contributed by atoms with Crippen molar-refractivity contribution in [3.63, 3.8) is 0 Å². The molecular formula is C28H30Cl2N4O2. The standard InChI is InChI=1S/C28H28N4O2.2ClH/c1-2-34-27-11-7-6-10-25(27)28(33)32-15-14-31(19-24-17-29-20-30-24)26-13-12-22(16-23(26)18-32)21-8-4-3-5-9-21;;/h3-13,16-17,20H,2,14-15,18-19H2,1H3,(H,29,30);2*1H. The van der Waals surface area contributed by atoms with Gasteiger partial charge in [0.25, 0.3) is 5.91 Å². The highest BCUT2D eigenvalue weighted by Crippen LogP contribution is 2.32. The fraction of sp³-hybridized carbons (Fsp3) is 0.214. The number of aromatic amines is 1. The SMILES string of the molecule is CCOc1ccccc1C(=O)N1CCN(Cc2cnc[nH]2)c2ccc(-c3ccccc3)cc2C1.Cl.Cl. The summed E-state index contributed by atoms with van der Waals surface area (Å²) < 4.78 is 5.75. The summed E-state index contributed by atoms with van der Waals surface area (Å²) in [6, 6.07) is 24.4. The largest absolute Gasteiger partial charge is 0.493 e. The molecule has 1 amide bonds. The summed E-state index contributed by atoms with van der Waals surface area (Å²) in [5.41, 5.74) is 6.22. The van der Waals surface area contributed by atoms with Crippen molar-refractivity contribution in [2.24, 2.45) is 0 Å². The summed E-state index contributed by atoms with van der Waals surface area (Å²) >= 11 is 0. The van der Waals surface area contributed by atoms with Crippen LogP contribution in [0.2, 0.25) is 0 Å². The number of ether oxygens (including phenoxy) is 1. The molecule has 1 N–H and O–H groups in total. The van der Waals surface area contributed by atoms with E-state index in [9.17, 15) is 4.79 Å². The van der Waals surface area contributed by atoms with Gasteiger partial charge in [0.2, 0.25) is 0 Å². The van der Waals surface area contributed by atoms with E-state index in [1.165, 1.54) is 0 Å². The molecule has 188 valence electrons. The average molecular weight is 525 g/mol. The highest BCUT2D eigenvalue weighted by atomic mass is 35.5. The molecule has 0 spiro atoms. The van der Waals surface area contributed by atoms with E-state index in [-0.39, 0.29) is 30.7 Å². The first kappa shape index (κ1) is 27.1. The van der Waals surface area contributed by atoms with Crippen molar-refractivity contribution in [2.45, 2.75) is 20.0 Å². The third-order valence-corrected chi connectivity index (χ3v) is 6.15. The highest BCUT2D eigenvalue weighted by molar-refractivity contribution is 5.97. The second-order valence-corrected chi connectivity index (χ2v) is 8.36. The van der Waals surface area contributed by atoms with Gasteiger partial charge in [0.15, 0.2) is 0 Å². The van der Waals surface area contributed by atoms with Crippen molar-refractivity contribution in [3.05, 3.63) is 102 Å². The fourth-order valence-corrected chi connectivity index (χ4v) is 4.49. The number of rotatable bonds is 6. The molecule has 6 nitrogen and oxygen atoms in total. The Hall–Kier alpha value is -3.48. The first-order chi connectivity index (χ1) is 16.7. The van der Waals surface area contributed by atoms with Crippen LogP contribution in [-0.2, 0) is 13.1 Å². The molecule has 0 bridgehead atoms. The monoisotopic (exact) mass is 524 g/mol. The van der Waals surface area contributed by atoms with E-state index in [0.717, 1.165) is 34.6 Å². The molecule has 0 radical (unpaired) electrons. The molecule has 3 aromatic carbocycles. The number of para-hydroxylation sites is 1. The van der Waals surface area contributed by atoms with Gasteiger partial charge in [0.1, 0.15) is 5.75 Å². The summed E-state index contributed by atoms with van der Waals surface area (Å²) in [6.45, 7) is 5.03. The van der Waals surface area contributed by atoms with Gasteiger partial charge in [0, 0.05) is 31.5 Å². The average Bonchev–Trinajstić information content (AvgIpc) is 3.32. The predicted octanol–water partition coefficient (Wildman–Crippen LogP) is 5.98. The van der Waals surface area contributed by atoms with Gasteiger partial charge in [-0.25, -0.2) is 4.98 Å². The number of fused-ring (bicyclic) bond motifs is 1. The zero-order valence-corrected chi connectivity index (χ0v) is 21.7. The predicted molar refractivity (Wildman–Crippen MR) is 148 cm³/mol. The van der Waals surface area contributed by atoms with Crippen molar-refractivity contribution >= 4 is 36.4 Å². The van der Waals surface area contributed by atoms with Gasteiger partial charge in [-0.05, 0) is 47.9 Å². The molecule has 36 heavy (non-hydrogen) atoms. The van der Waals surface area contributed by atoms with Gasteiger partial charge < -0.3 is 19.5 Å². The van der Waals surface area contributed by atoms with Gasteiger partial charge in [-0.3, -0.25) is 4.79 Å². The molecule has 1 aromatic heterocycles. The van der Waals surface area contributed by atoms with Crippen molar-refractivity contribution in [3.8, 4) is 16.9 Å². The first-order valence-electron chi connectivity index (χ1n) is 11.6. The van der Waals surface area contributed by atoms with Crippen LogP contribution in [0.1, 0.15) is 28.5 Å². The molecule has 4 aromatic rings. The quantitative estimate of drug-likeness (QED) is 0.337. The van der Waals surface area contributed by atoms with Crippen LogP contribution in [0.15, 0.2) is 85.3 Å². The van der Waals surface area contributed by atoms with E-state index in [2.05, 4.69) is 45.2 Å². The summed E-state index contributed by atoms with van der Waals surface area (Å²) in [5, 5.41) is 0. The van der Waals surface area contributed by atoms with Gasteiger partial charge in [-0.1, -0.05) is 48.5 Å². The molecule has 1 aliphatic rings. The number of halogens is 2. The smallest absolute Gasteiger partial charge is 0.257 e. The van der Waals surface area contributed by atoms with Crippen LogP contribution in [0.25, 0.3) is 11.1 Å². The van der Waals surface area contributed by atoms with E-state index < -0.39 is 0 Å². The summed E-state index contributed by atoms with van der Waals surface area (Å²) in [4.78, 5) is 25.3. The molecular weight excluding hydrogens is 495 g/mol. The van der Waals surface area contributed by atoms with Crippen LogP contribution in [0.5, 0.6) is 5.75 Å². The van der Waals surface area contributed by atoms with Gasteiger partial charge in [0.05, 0.1) is 30.7 Å². The van der Waals surface area contributed by atoms with Gasteiger partial charge in [-0.2, -0.15) is 0 Å². The van der Waals surface area contributed by atoms with E-state index in [1.807, 2.05) is 60.5 Å². The second-order valence-electron chi connectivity index (χ2n) is 8.36. The molecule has 0 saturated heterocycles. The maximum atomic E-state index is 13.6. The Kier molecular flexibility index (Phi) is 9.39. The summed E-state index contributed by atoms with van der Waals surface area (Å²) in [6.07, 6.45) is 3.55. The number of aromatic nitrogens is 2. The van der Waals surface area contributed by atoms with Crippen LogP contribution in [0.4, 0.5) is 5.69 Å². The molecule has 0 saturated carbocycles. The zero-order chi connectivity index (χ0) is 23.3. The third kappa shape index (κ3) is 5.83. The lowest BCUT2D eigenvalue weighted by Gasteiger charge is -2.24. The number of carbonyl (C=O) groups excluding carboxylic acids is 1. The molecule has 5 rings (SSSR count). The van der Waals surface area contributed by atoms with E-state index >= 15 is 0 Å². The van der Waals surface area contributed by atoms with Gasteiger partial charge >= 0.3 is 0 Å². The number of benzene rings is 3. The molecule has 0 atom stereocenters. The lowest BCUT2D eigenvalue weighted by molar-refractivity contribution is 0.0747. The van der Waals surface area contributed by atoms with Crippen molar-refractivity contribution in [2.75, 3.05) is 24.6 Å². The van der Waals surface area contributed by atoms with Crippen molar-refractivity contribution in [1.29, 1.82) is 0 Å². The Morgan fingerprint density at radius 1 is 0.972 bits per heavy atom. The van der Waals surface area contributed by atoms with Gasteiger partial charge in [-0.15, -0.1) is 24.8 Å². The Balaban J connectivity index is 0.00000180. The number of hydrogen-bond acceptors (Lipinski definition) is 4. The minimum atomic E-state index is -0.0106. The van der Waals surface area contributed by atoms with Crippen molar-refractivity contribution in [1.82, 2.24) is 14.9 Å². The highest BCUT2D eigenvalue weighted by Gasteiger charge is 2.26. The summed E-state index contributed by atoms with van der Waals surface area (Å²) in [7, 11) is 0. The lowest BCUT2D eigenvalue weighted by atomic mass is 10.0. The normalized spacial score (nSPS) is 12.6. The minimum Gasteiger partial charge on any atom is -0.493 e. The van der Waals surface area contributed by atoms with Crippen LogP contribution < -0.4 is 9.64 Å². The number of amides is 1. The Bertz CT molecular complexity index is 1270. The van der Waals surface area contributed by atoms with Crippen LogP contribution in [-0.4, -0.2) is 40.5 Å². The Labute approximate surface area is 224 Å². The van der Waals surface area contributed by atoms with Crippen LogP contribution in [0, 0.1) is 0 Å². The molecule has 1 aliphatic heterocycles. The maximum absolute atomic E-state index is 13.6. The topological polar surface area (TPSA) is 61.5 Å². The Morgan fingerprint density at radius 3 is 2.50 bits per heavy atom. The van der Waals surface area contributed by atoms with Crippen LogP contribution >= 0.6 is 24.8 Å². The molecule has 0 aliphatic carbocycles. The Morgan fingerprint density at radius 2 is 1.75 bits per heavy atom. The van der Waals surface area contributed by atoms with Crippen LogP contribution in [0.3, 0.4) is 0 Å². The third-order valence-electron chi connectivity index (χ3n) is 6.15. The lowest BCUT2D eigenvalue weighted by Crippen LogP contribution is -2.35. The fourth-order valence-electron chi connectivity index (χ4n) is 4.49. The number of anilines is 1. The van der Waals surface area contributed by atoms with Crippen molar-refractivity contribution < 1.29 is 9.53 Å². The number of hydrogen-bond donors (Lipinski definition) is 1. The number of carbonyl (C=O) groups is 1. The number of nitrogens with one attached hydrogen (secondary N) is 1. The number of H-pyrrole nitrogens is 1. The number of nitrogens with zero attached hydrogens (tertiary/aromatic N) is 3. The number of imidazole rings is 1. The molecule has 0 unspecified atom stereocenters. The first-order valence-corrected chi connectivity index (χ1v) is 11.6. The maximum Gasteiger partial charge on any atom is 0.257 e. The minimum absolute atomic E-state index is 0. The zero-order valence-electron chi connectivity index (χ0n) is 20.1. The summed E-state index contributed by atoms with van der Waals surface area (Å²) in [5.74, 6) is 0.621. The second kappa shape index (κ2) is 12.5. The molecule has 0 fully saturated rings. The van der Waals surface area contributed by atoms with E-state index in [0.29, 0.717) is 37.6 Å². The van der Waals surface area contributed by atoms with E-state index in [4.69, 9.17) is 4.74 Å².